The Morgan fingerprint density at radius 1 is 0.252 bits per heavy atom. The number of fused-ring (bicyclic) bond motifs is 25. The fourth-order valence-electron chi connectivity index (χ4n) is 27.3. The quantitative estimate of drug-likeness (QED) is 0.0631. The van der Waals surface area contributed by atoms with Gasteiger partial charge >= 0.3 is 0 Å². The van der Waals surface area contributed by atoms with E-state index in [1.807, 2.05) is 0 Å². The maximum absolute atomic E-state index is 7.49. The highest BCUT2D eigenvalue weighted by Crippen LogP contribution is 2.66. The van der Waals surface area contributed by atoms with Crippen LogP contribution in [0.5, 0.6) is 5.75 Å². The first-order chi connectivity index (χ1) is 67.5. The van der Waals surface area contributed by atoms with Crippen LogP contribution in [0.25, 0.3) is 188 Å². The average molecular weight is 1800 g/mol. The second kappa shape index (κ2) is 32.7. The van der Waals surface area contributed by atoms with E-state index in [9.17, 15) is 0 Å². The van der Waals surface area contributed by atoms with Crippen LogP contribution in [0.1, 0.15) is 248 Å². The summed E-state index contributed by atoms with van der Waals surface area (Å²) >= 11 is 0. The van der Waals surface area contributed by atoms with Crippen LogP contribution in [0.4, 0.5) is 0 Å². The van der Waals surface area contributed by atoms with Gasteiger partial charge in [-0.25, -0.2) is 0 Å². The van der Waals surface area contributed by atoms with Gasteiger partial charge in [0.2, 0.25) is 0 Å². The summed E-state index contributed by atoms with van der Waals surface area (Å²) < 4.78 is 14.9. The molecule has 139 heavy (non-hydrogen) atoms. The van der Waals surface area contributed by atoms with Crippen molar-refractivity contribution in [3.8, 4) is 150 Å². The van der Waals surface area contributed by atoms with Crippen LogP contribution in [0.2, 0.25) is 0 Å². The Morgan fingerprint density at radius 2 is 0.619 bits per heavy atom. The Hall–Kier alpha value is -13.7. The van der Waals surface area contributed by atoms with Crippen molar-refractivity contribution in [1.29, 1.82) is 0 Å². The number of hydrogen-bond donors (Lipinski definition) is 0. The number of hydrogen-bond acceptors (Lipinski definition) is 2. The van der Waals surface area contributed by atoms with E-state index >= 15 is 0 Å². The van der Waals surface area contributed by atoms with Crippen LogP contribution in [0.3, 0.4) is 0 Å². The highest BCUT2D eigenvalue weighted by atomic mass is 16.5. The summed E-state index contributed by atoms with van der Waals surface area (Å²) in [5.41, 5.74) is 55.0. The number of furan rings is 1. The third-order valence-corrected chi connectivity index (χ3v) is 34.8. The second-order valence-corrected chi connectivity index (χ2v) is 44.3. The van der Waals surface area contributed by atoms with E-state index in [4.69, 9.17) is 9.15 Å². The Balaban J connectivity index is 0.583. The molecule has 0 saturated heterocycles. The Morgan fingerprint density at radius 3 is 1.14 bits per heavy atom. The molecule has 2 nitrogen and oxygen atoms in total. The van der Waals surface area contributed by atoms with E-state index in [2.05, 4.69) is 412 Å². The van der Waals surface area contributed by atoms with Gasteiger partial charge in [0.05, 0.1) is 0 Å². The maximum Gasteiger partial charge on any atom is 0.143 e. The Bertz CT molecular complexity index is 8260. The predicted octanol–water partition coefficient (Wildman–Crippen LogP) is 38.4. The van der Waals surface area contributed by atoms with E-state index in [0.29, 0.717) is 0 Å². The van der Waals surface area contributed by atoms with E-state index < -0.39 is 0 Å². The molecule has 0 N–H and O–H groups in total. The van der Waals surface area contributed by atoms with Crippen LogP contribution < -0.4 is 4.74 Å². The van der Waals surface area contributed by atoms with Crippen molar-refractivity contribution in [3.05, 3.63) is 399 Å². The molecule has 0 saturated carbocycles. The summed E-state index contributed by atoms with van der Waals surface area (Å²) in [7, 11) is 0. The molecular formula is C137H124O2. The number of unbranched alkanes of at least 4 members (excludes halogenated alkanes) is 10. The van der Waals surface area contributed by atoms with Crippen molar-refractivity contribution >= 4 is 43.5 Å². The first-order valence-corrected chi connectivity index (χ1v) is 52.1. The van der Waals surface area contributed by atoms with Crippen LogP contribution in [-0.4, -0.2) is 6.10 Å². The van der Waals surface area contributed by atoms with Crippen LogP contribution in [0.15, 0.2) is 320 Å². The zero-order chi connectivity index (χ0) is 94.6. The third kappa shape index (κ3) is 13.3. The van der Waals surface area contributed by atoms with Gasteiger partial charge in [-0.3, -0.25) is 0 Å². The van der Waals surface area contributed by atoms with E-state index in [1.54, 1.807) is 11.1 Å². The smallest absolute Gasteiger partial charge is 0.143 e. The summed E-state index contributed by atoms with van der Waals surface area (Å²) in [6.07, 6.45) is 26.3. The average Bonchev–Trinajstić information content (AvgIpc) is 1.51. The molecule has 684 valence electrons. The van der Waals surface area contributed by atoms with Crippen molar-refractivity contribution < 1.29 is 9.15 Å². The Labute approximate surface area is 822 Å². The minimum Gasteiger partial charge on any atom is -0.484 e. The molecule has 7 aliphatic rings. The van der Waals surface area contributed by atoms with Gasteiger partial charge in [0.15, 0.2) is 0 Å². The first kappa shape index (κ1) is 86.9. The summed E-state index contributed by atoms with van der Waals surface area (Å²) in [4.78, 5) is 0. The van der Waals surface area contributed by atoms with E-state index in [-0.39, 0.29) is 39.1 Å². The molecule has 2 heterocycles. The highest BCUT2D eigenvalue weighted by molar-refractivity contribution is 6.20. The summed E-state index contributed by atoms with van der Waals surface area (Å²) in [6.45, 7) is 33.5. The molecule has 0 bridgehead atoms. The predicted molar refractivity (Wildman–Crippen MR) is 589 cm³/mol. The van der Waals surface area contributed by atoms with Gasteiger partial charge in [-0.1, -0.05) is 389 Å². The first-order valence-electron chi connectivity index (χ1n) is 52.1. The molecule has 0 amide bonds. The number of ether oxygens (including phenoxy) is 1. The zero-order valence-electron chi connectivity index (χ0n) is 83.4. The molecule has 2 unspecified atom stereocenters. The van der Waals surface area contributed by atoms with Gasteiger partial charge in [-0.2, -0.15) is 0 Å². The molecule has 2 heteroatoms. The van der Waals surface area contributed by atoms with Crippen molar-refractivity contribution in [2.75, 3.05) is 0 Å². The molecule has 0 spiro atoms. The largest absolute Gasteiger partial charge is 0.484 e. The standard InChI is InChI=1S/C137H124O2/c1-15-17-19-21-23-37-67-137(68-38-24-22-20-18-16-2)121-79-113-119(135(11,12)123-75-109(91-39-25-27-43-97(91)127(113)123)101-65-63-99(129-103-45-31-35-49-125(103)138-131(101)129)107-71-81(3)105(69-83(107)5)87-55-51-85(52-56-87)89-59-61-95-93-41-29-33-47-115(93)133(7,8)117(95)73-89)77-111(121)112-78-120-114(80-122(112)137)128-98-44-28-26-40-92(98)110(76-124(128)136(120,13)14)102-66-64-100(130-104-46-32-36-50-126(104)139-132(102)130)108-72-82(4)106(70-84(108)6)88-57-53-86(54-58-88)90-60-62-96-94-42-30-34-48-116(94)134(9,10)118(96)74-90/h25-36,39-66,69-80,103,125H,15-24,37-38,67-68H2,1-14H3. The van der Waals surface area contributed by atoms with Crippen LogP contribution in [0, 0.1) is 27.7 Å². The molecule has 1 aromatic heterocycles. The summed E-state index contributed by atoms with van der Waals surface area (Å²) in [6, 6.07) is 114. The van der Waals surface area contributed by atoms with Crippen molar-refractivity contribution in [1.82, 2.24) is 0 Å². The lowest BCUT2D eigenvalue weighted by atomic mass is 9.69. The number of para-hydroxylation sites is 1. The molecule has 0 fully saturated rings. The highest BCUT2D eigenvalue weighted by Gasteiger charge is 2.50. The zero-order valence-corrected chi connectivity index (χ0v) is 83.4. The minimum atomic E-state index is -0.362. The summed E-state index contributed by atoms with van der Waals surface area (Å²) in [5, 5.41) is 7.44. The maximum atomic E-state index is 7.49. The second-order valence-electron chi connectivity index (χ2n) is 44.3. The van der Waals surface area contributed by atoms with Gasteiger partial charge in [-0.05, 0) is 346 Å². The SMILES string of the molecule is CCCCCCCCC1(CCCCCCCC)c2cc3c(cc2-c2cc4c(cc21)-c1c(cc(-c2ccc(-c5cc(C)c(-c6ccc(-c7ccc8c(c7)C(C)(C)c7ccccc7-8)cc6)cc5C)c5c2oc2ccccc25)c2ccccc12)C4(C)C)C(C)(C)c1cc(-c2ccc(-c4cc(C)c(-c5ccc(-c6ccc7c(c6)C(C)(C)c6ccccc6-7)cc5)cc4C)c4c2OC2C=CC=CC42)c2ccccc2c1-3. The van der Waals surface area contributed by atoms with E-state index in [1.165, 1.54) is 310 Å². The summed E-state index contributed by atoms with van der Waals surface area (Å²) in [5.74, 6) is 1.07. The fraction of sp³-hybridized carbons (Fsp3) is 0.255. The molecular weight excluding hydrogens is 1680 g/mol. The van der Waals surface area contributed by atoms with Crippen LogP contribution >= 0.6 is 0 Å². The lowest BCUT2D eigenvalue weighted by molar-refractivity contribution is 0.270. The van der Waals surface area contributed by atoms with Crippen LogP contribution in [-0.2, 0) is 27.1 Å². The van der Waals surface area contributed by atoms with Gasteiger partial charge < -0.3 is 9.15 Å². The molecule has 18 aromatic rings. The molecule has 0 radical (unpaired) electrons. The monoisotopic (exact) mass is 1800 g/mol. The molecule has 2 atom stereocenters. The van der Waals surface area contributed by atoms with Crippen molar-refractivity contribution in [2.45, 2.75) is 226 Å². The Kier molecular flexibility index (Phi) is 20.5. The van der Waals surface area contributed by atoms with Crippen molar-refractivity contribution in [3.63, 3.8) is 0 Å². The van der Waals surface area contributed by atoms with Gasteiger partial charge in [0, 0.05) is 60.5 Å². The number of rotatable bonds is 22. The molecule has 17 aromatic carbocycles. The lowest BCUT2D eigenvalue weighted by Gasteiger charge is -2.34. The third-order valence-electron chi connectivity index (χ3n) is 34.8. The van der Waals surface area contributed by atoms with Crippen molar-refractivity contribution in [2.24, 2.45) is 0 Å². The van der Waals surface area contributed by atoms with Gasteiger partial charge in [0.1, 0.15) is 23.0 Å². The topological polar surface area (TPSA) is 22.4 Å². The van der Waals surface area contributed by atoms with Gasteiger partial charge in [0.25, 0.3) is 0 Å². The number of allylic oxidation sites excluding steroid dienone is 2. The normalized spacial score (nSPS) is 16.4. The van der Waals surface area contributed by atoms with Gasteiger partial charge in [-0.15, -0.1) is 0 Å². The molecule has 6 aliphatic carbocycles. The molecule has 1 aliphatic heterocycles. The minimum absolute atomic E-state index is 0.0539. The molecule has 25 rings (SSSR count). The van der Waals surface area contributed by atoms with E-state index in [0.717, 1.165) is 46.1 Å². The fourth-order valence-corrected chi connectivity index (χ4v) is 27.3. The number of benzene rings is 17. The number of aryl methyl sites for hydroxylation is 4. The lowest BCUT2D eigenvalue weighted by Crippen LogP contribution is -2.26.